The van der Waals surface area contributed by atoms with Crippen LogP contribution in [0.2, 0.25) is 5.02 Å². The average molecular weight is 307 g/mol. The SMILES string of the molecule is NS(=O)(=O)c1ccc(Cl)c(NCC2CCSC2)c1. The van der Waals surface area contributed by atoms with E-state index in [1.54, 1.807) is 6.07 Å². The molecule has 0 spiro atoms. The summed E-state index contributed by atoms with van der Waals surface area (Å²) in [5.41, 5.74) is 0.625. The molecule has 1 aromatic rings. The van der Waals surface area contributed by atoms with Crippen LogP contribution in [-0.4, -0.2) is 26.5 Å². The number of primary sulfonamides is 1. The van der Waals surface area contributed by atoms with Crippen molar-refractivity contribution in [1.29, 1.82) is 0 Å². The van der Waals surface area contributed by atoms with Gasteiger partial charge < -0.3 is 5.32 Å². The normalized spacial score (nSPS) is 20.0. The quantitative estimate of drug-likeness (QED) is 0.894. The first-order valence-corrected chi connectivity index (χ1v) is 8.68. The molecule has 1 aliphatic heterocycles. The van der Waals surface area contributed by atoms with E-state index < -0.39 is 10.0 Å². The predicted molar refractivity (Wildman–Crippen MR) is 76.7 cm³/mol. The number of nitrogens with one attached hydrogen (secondary N) is 1. The topological polar surface area (TPSA) is 72.2 Å². The lowest BCUT2D eigenvalue weighted by Gasteiger charge is -2.13. The maximum absolute atomic E-state index is 11.3. The van der Waals surface area contributed by atoms with Crippen molar-refractivity contribution >= 4 is 39.1 Å². The first kappa shape index (κ1) is 14.0. The van der Waals surface area contributed by atoms with Gasteiger partial charge in [-0.05, 0) is 42.0 Å². The van der Waals surface area contributed by atoms with E-state index in [0.717, 1.165) is 12.3 Å². The summed E-state index contributed by atoms with van der Waals surface area (Å²) >= 11 is 7.97. The van der Waals surface area contributed by atoms with Crippen LogP contribution in [0.25, 0.3) is 0 Å². The summed E-state index contributed by atoms with van der Waals surface area (Å²) in [6.07, 6.45) is 1.18. The highest BCUT2D eigenvalue weighted by atomic mass is 35.5. The molecule has 0 bridgehead atoms. The maximum atomic E-state index is 11.3. The Morgan fingerprint density at radius 1 is 1.50 bits per heavy atom. The van der Waals surface area contributed by atoms with E-state index >= 15 is 0 Å². The number of thioether (sulfide) groups is 1. The predicted octanol–water partition coefficient (Wildman–Crippen LogP) is 2.15. The Hall–Kier alpha value is -0.430. The molecule has 0 aromatic heterocycles. The fourth-order valence-electron chi connectivity index (χ4n) is 1.82. The van der Waals surface area contributed by atoms with Gasteiger partial charge in [0.1, 0.15) is 0 Å². The number of hydrogen-bond donors (Lipinski definition) is 2. The third-order valence-electron chi connectivity index (χ3n) is 2.87. The van der Waals surface area contributed by atoms with Gasteiger partial charge in [0.25, 0.3) is 0 Å². The van der Waals surface area contributed by atoms with Crippen LogP contribution < -0.4 is 10.5 Å². The highest BCUT2D eigenvalue weighted by Crippen LogP contribution is 2.27. The van der Waals surface area contributed by atoms with Gasteiger partial charge in [-0.2, -0.15) is 11.8 Å². The first-order chi connectivity index (χ1) is 8.47. The third-order valence-corrected chi connectivity index (χ3v) is 5.34. The Balaban J connectivity index is 2.11. The van der Waals surface area contributed by atoms with E-state index in [1.807, 2.05) is 11.8 Å². The molecule has 3 N–H and O–H groups in total. The number of hydrogen-bond acceptors (Lipinski definition) is 4. The zero-order chi connectivity index (χ0) is 13.2. The molecular formula is C11H15ClN2O2S2. The van der Waals surface area contributed by atoms with Crippen molar-refractivity contribution in [3.63, 3.8) is 0 Å². The zero-order valence-corrected chi connectivity index (χ0v) is 12.1. The maximum Gasteiger partial charge on any atom is 0.238 e. The van der Waals surface area contributed by atoms with Crippen molar-refractivity contribution in [3.05, 3.63) is 23.2 Å². The standard InChI is InChI=1S/C11H15ClN2O2S2/c12-10-2-1-9(18(13,15)16)5-11(10)14-6-8-3-4-17-7-8/h1-2,5,8,14H,3-4,6-7H2,(H2,13,15,16). The second-order valence-corrected chi connectivity index (χ2v) is 7.42. The van der Waals surface area contributed by atoms with Gasteiger partial charge in [0.05, 0.1) is 15.6 Å². The molecule has 2 rings (SSSR count). The summed E-state index contributed by atoms with van der Waals surface area (Å²) in [6.45, 7) is 0.806. The van der Waals surface area contributed by atoms with E-state index in [4.69, 9.17) is 16.7 Å². The third kappa shape index (κ3) is 3.54. The minimum absolute atomic E-state index is 0.0789. The van der Waals surface area contributed by atoms with Gasteiger partial charge in [-0.3, -0.25) is 0 Å². The molecule has 1 atom stereocenters. The molecule has 100 valence electrons. The summed E-state index contributed by atoms with van der Waals surface area (Å²) < 4.78 is 22.5. The molecule has 1 heterocycles. The van der Waals surface area contributed by atoms with E-state index in [9.17, 15) is 8.42 Å². The van der Waals surface area contributed by atoms with Crippen LogP contribution >= 0.6 is 23.4 Å². The van der Waals surface area contributed by atoms with Crippen molar-refractivity contribution in [2.45, 2.75) is 11.3 Å². The van der Waals surface area contributed by atoms with Crippen molar-refractivity contribution in [2.75, 3.05) is 23.4 Å². The molecule has 7 heteroatoms. The lowest BCUT2D eigenvalue weighted by molar-refractivity contribution is 0.597. The molecule has 1 unspecified atom stereocenters. The Labute approximate surface area is 116 Å². The highest BCUT2D eigenvalue weighted by molar-refractivity contribution is 7.99. The van der Waals surface area contributed by atoms with Crippen LogP contribution in [0.5, 0.6) is 0 Å². The number of sulfonamides is 1. The van der Waals surface area contributed by atoms with E-state index in [2.05, 4.69) is 5.32 Å². The zero-order valence-electron chi connectivity index (χ0n) is 9.73. The lowest BCUT2D eigenvalue weighted by Crippen LogP contribution is -2.15. The summed E-state index contributed by atoms with van der Waals surface area (Å²) in [5.74, 6) is 2.95. The Morgan fingerprint density at radius 2 is 2.28 bits per heavy atom. The van der Waals surface area contributed by atoms with E-state index in [1.165, 1.54) is 24.3 Å². The average Bonchev–Trinajstić information content (AvgIpc) is 2.79. The van der Waals surface area contributed by atoms with Crippen LogP contribution in [0.4, 0.5) is 5.69 Å². The number of rotatable bonds is 4. The van der Waals surface area contributed by atoms with Crippen LogP contribution in [0.1, 0.15) is 6.42 Å². The van der Waals surface area contributed by atoms with Gasteiger partial charge in [-0.25, -0.2) is 13.6 Å². The van der Waals surface area contributed by atoms with Gasteiger partial charge >= 0.3 is 0 Å². The summed E-state index contributed by atoms with van der Waals surface area (Å²) in [4.78, 5) is 0.0789. The second-order valence-electron chi connectivity index (χ2n) is 4.30. The molecule has 1 aliphatic rings. The number of anilines is 1. The summed E-state index contributed by atoms with van der Waals surface area (Å²) in [5, 5.41) is 8.80. The largest absolute Gasteiger partial charge is 0.383 e. The second kappa shape index (κ2) is 5.69. The van der Waals surface area contributed by atoms with Gasteiger partial charge in [-0.1, -0.05) is 11.6 Å². The first-order valence-electron chi connectivity index (χ1n) is 5.61. The molecule has 0 saturated carbocycles. The van der Waals surface area contributed by atoms with Crippen LogP contribution in [0, 0.1) is 5.92 Å². The number of halogens is 1. The lowest BCUT2D eigenvalue weighted by atomic mass is 10.1. The Kier molecular flexibility index (Phi) is 4.42. The molecule has 1 saturated heterocycles. The van der Waals surface area contributed by atoms with Crippen LogP contribution in [-0.2, 0) is 10.0 Å². The highest BCUT2D eigenvalue weighted by Gasteiger charge is 2.16. The summed E-state index contributed by atoms with van der Waals surface area (Å²) in [6, 6.07) is 4.45. The minimum atomic E-state index is -3.68. The van der Waals surface area contributed by atoms with Gasteiger partial charge in [0.2, 0.25) is 10.0 Å². The molecule has 4 nitrogen and oxygen atoms in total. The molecule has 1 aromatic carbocycles. The van der Waals surface area contributed by atoms with Gasteiger partial charge in [0, 0.05) is 6.54 Å². The van der Waals surface area contributed by atoms with Crippen LogP contribution in [0.3, 0.4) is 0 Å². The number of nitrogens with two attached hydrogens (primary N) is 1. The van der Waals surface area contributed by atoms with Gasteiger partial charge in [-0.15, -0.1) is 0 Å². The molecule has 1 fully saturated rings. The fourth-order valence-corrected chi connectivity index (χ4v) is 3.82. The van der Waals surface area contributed by atoms with Crippen molar-refractivity contribution in [1.82, 2.24) is 0 Å². The fraction of sp³-hybridized carbons (Fsp3) is 0.455. The Bertz CT molecular complexity index is 528. The van der Waals surface area contributed by atoms with Gasteiger partial charge in [0.15, 0.2) is 0 Å². The number of benzene rings is 1. The van der Waals surface area contributed by atoms with E-state index in [-0.39, 0.29) is 4.90 Å². The monoisotopic (exact) mass is 306 g/mol. The van der Waals surface area contributed by atoms with Crippen molar-refractivity contribution in [3.8, 4) is 0 Å². The molecule has 0 amide bonds. The molecule has 18 heavy (non-hydrogen) atoms. The molecule has 0 aliphatic carbocycles. The van der Waals surface area contributed by atoms with E-state index in [0.29, 0.717) is 16.6 Å². The smallest absolute Gasteiger partial charge is 0.238 e. The minimum Gasteiger partial charge on any atom is -0.383 e. The molecule has 0 radical (unpaired) electrons. The van der Waals surface area contributed by atoms with Crippen LogP contribution in [0.15, 0.2) is 23.1 Å². The Morgan fingerprint density at radius 3 is 2.89 bits per heavy atom. The molecular weight excluding hydrogens is 292 g/mol. The van der Waals surface area contributed by atoms with Crippen molar-refractivity contribution < 1.29 is 8.42 Å². The summed E-state index contributed by atoms with van der Waals surface area (Å²) in [7, 11) is -3.68. The van der Waals surface area contributed by atoms with Crippen molar-refractivity contribution in [2.24, 2.45) is 11.1 Å².